The monoisotopic (exact) mass is 453 g/mol. The van der Waals surface area contributed by atoms with Crippen LogP contribution in [-0.2, 0) is 15.7 Å². The highest BCUT2D eigenvalue weighted by molar-refractivity contribution is 6.02. The largest absolute Gasteiger partial charge is 0.462 e. The molecule has 0 aliphatic heterocycles. The van der Waals surface area contributed by atoms with E-state index in [0.717, 1.165) is 6.07 Å². The number of Topliss-reactive ketones (excluding diaryl/α,β-unsaturated/α-hetero) is 1. The lowest BCUT2D eigenvalue weighted by Crippen LogP contribution is -2.37. The average Bonchev–Trinajstić information content (AvgIpc) is 3.01. The number of rotatable bonds is 9. The first kappa shape index (κ1) is 25.1. The maximum atomic E-state index is 13.1. The second-order valence-corrected chi connectivity index (χ2v) is 7.16. The summed E-state index contributed by atoms with van der Waals surface area (Å²) in [6.45, 7) is 6.75. The van der Waals surface area contributed by atoms with Crippen LogP contribution in [0, 0.1) is 13.8 Å². The summed E-state index contributed by atoms with van der Waals surface area (Å²) in [6, 6.07) is 4.68. The Balaban J connectivity index is 2.10. The summed E-state index contributed by atoms with van der Waals surface area (Å²) < 4.78 is 44.4. The summed E-state index contributed by atoms with van der Waals surface area (Å²) in [6.07, 6.45) is -4.61. The predicted octanol–water partition coefficient (Wildman–Crippen LogP) is 3.97. The number of amides is 1. The fraction of sp³-hybridized carbons (Fsp3) is 0.409. The minimum atomic E-state index is -4.61. The van der Waals surface area contributed by atoms with Gasteiger partial charge in [0.1, 0.15) is 0 Å². The number of ketones is 1. The molecule has 7 nitrogen and oxygen atoms in total. The quantitative estimate of drug-likeness (QED) is 0.443. The Labute approximate surface area is 183 Å². The van der Waals surface area contributed by atoms with Crippen molar-refractivity contribution in [1.29, 1.82) is 0 Å². The summed E-state index contributed by atoms with van der Waals surface area (Å²) >= 11 is 0. The number of halogens is 3. The van der Waals surface area contributed by atoms with E-state index in [4.69, 9.17) is 4.74 Å². The van der Waals surface area contributed by atoms with Gasteiger partial charge in [0, 0.05) is 5.69 Å². The molecule has 0 atom stereocenters. The number of para-hydroxylation sites is 1. The highest BCUT2D eigenvalue weighted by Gasteiger charge is 2.33. The maximum Gasteiger partial charge on any atom is 0.418 e. The number of ether oxygens (including phenoxy) is 1. The third kappa shape index (κ3) is 5.97. The van der Waals surface area contributed by atoms with Crippen molar-refractivity contribution in [3.63, 3.8) is 0 Å². The van der Waals surface area contributed by atoms with E-state index >= 15 is 0 Å². The van der Waals surface area contributed by atoms with E-state index in [1.165, 1.54) is 23.1 Å². The highest BCUT2D eigenvalue weighted by atomic mass is 19.4. The van der Waals surface area contributed by atoms with Gasteiger partial charge in [0.15, 0.2) is 5.78 Å². The van der Waals surface area contributed by atoms with Crippen molar-refractivity contribution < 1.29 is 32.3 Å². The standard InChI is InChI=1S/C22H26F3N3O4/c1-5-28(12-18(30)27-16-10-8-7-9-15(16)22(23,24)25)11-17(29)20-13(3)19(14(4)26-20)21(31)32-6-2/h7-10,26H,5-6,11-12H2,1-4H3,(H,27,30). The van der Waals surface area contributed by atoms with Crippen LogP contribution in [0.15, 0.2) is 24.3 Å². The third-order valence-electron chi connectivity index (χ3n) is 4.88. The van der Waals surface area contributed by atoms with Gasteiger partial charge in [0.05, 0.1) is 42.2 Å². The molecule has 1 amide bonds. The van der Waals surface area contributed by atoms with Gasteiger partial charge >= 0.3 is 12.1 Å². The minimum absolute atomic E-state index is 0.159. The van der Waals surface area contributed by atoms with Gasteiger partial charge < -0.3 is 15.0 Å². The van der Waals surface area contributed by atoms with Gasteiger partial charge in [-0.25, -0.2) is 4.79 Å². The first-order valence-electron chi connectivity index (χ1n) is 10.1. The molecular formula is C22H26F3N3O4. The van der Waals surface area contributed by atoms with Crippen molar-refractivity contribution in [3.8, 4) is 0 Å². The fourth-order valence-electron chi connectivity index (χ4n) is 3.33. The normalized spacial score (nSPS) is 11.5. The molecular weight excluding hydrogens is 427 g/mol. The molecule has 0 radical (unpaired) electrons. The molecule has 32 heavy (non-hydrogen) atoms. The van der Waals surface area contributed by atoms with Crippen LogP contribution in [0.3, 0.4) is 0 Å². The first-order valence-corrected chi connectivity index (χ1v) is 10.1. The van der Waals surface area contributed by atoms with Gasteiger partial charge in [-0.05, 0) is 45.0 Å². The van der Waals surface area contributed by atoms with Crippen molar-refractivity contribution in [3.05, 3.63) is 52.3 Å². The number of carbonyl (C=O) groups excluding carboxylic acids is 3. The Hall–Kier alpha value is -3.14. The molecule has 0 unspecified atom stereocenters. The molecule has 1 aromatic carbocycles. The zero-order chi connectivity index (χ0) is 24.1. The SMILES string of the molecule is CCOC(=O)c1c(C)[nH]c(C(=O)CN(CC)CC(=O)Nc2ccccc2C(F)(F)F)c1C. The number of hydrogen-bond acceptors (Lipinski definition) is 5. The lowest BCUT2D eigenvalue weighted by atomic mass is 10.1. The number of aromatic amines is 1. The van der Waals surface area contributed by atoms with E-state index in [-0.39, 0.29) is 36.9 Å². The molecule has 2 N–H and O–H groups in total. The molecule has 174 valence electrons. The van der Waals surface area contributed by atoms with E-state index in [2.05, 4.69) is 10.3 Å². The third-order valence-corrected chi connectivity index (χ3v) is 4.88. The van der Waals surface area contributed by atoms with Crippen LogP contribution in [0.2, 0.25) is 0 Å². The van der Waals surface area contributed by atoms with Gasteiger partial charge in [0.2, 0.25) is 5.91 Å². The molecule has 0 aliphatic rings. The van der Waals surface area contributed by atoms with E-state index < -0.39 is 23.6 Å². The Morgan fingerprint density at radius 2 is 1.75 bits per heavy atom. The summed E-state index contributed by atoms with van der Waals surface area (Å²) in [4.78, 5) is 41.7. The van der Waals surface area contributed by atoms with Crippen molar-refractivity contribution in [2.24, 2.45) is 0 Å². The topological polar surface area (TPSA) is 91.5 Å². The number of aryl methyl sites for hydroxylation is 1. The van der Waals surface area contributed by atoms with Gasteiger partial charge in [-0.2, -0.15) is 13.2 Å². The summed E-state index contributed by atoms with van der Waals surface area (Å²) in [7, 11) is 0. The van der Waals surface area contributed by atoms with Crippen molar-refractivity contribution in [1.82, 2.24) is 9.88 Å². The van der Waals surface area contributed by atoms with Crippen LogP contribution in [0.1, 0.15) is 51.5 Å². The van der Waals surface area contributed by atoms with Crippen LogP contribution < -0.4 is 5.32 Å². The number of aromatic nitrogens is 1. The van der Waals surface area contributed by atoms with E-state index in [1.807, 2.05) is 0 Å². The minimum Gasteiger partial charge on any atom is -0.462 e. The molecule has 0 bridgehead atoms. The number of nitrogens with one attached hydrogen (secondary N) is 2. The molecule has 0 spiro atoms. The van der Waals surface area contributed by atoms with Gasteiger partial charge in [-0.15, -0.1) is 0 Å². The number of carbonyl (C=O) groups is 3. The Kier molecular flexibility index (Phi) is 8.20. The zero-order valence-corrected chi connectivity index (χ0v) is 18.4. The molecule has 0 saturated carbocycles. The van der Waals surface area contributed by atoms with Gasteiger partial charge in [-0.1, -0.05) is 19.1 Å². The van der Waals surface area contributed by atoms with Gasteiger partial charge in [-0.3, -0.25) is 14.5 Å². The second kappa shape index (κ2) is 10.4. The number of benzene rings is 1. The molecule has 1 heterocycles. The van der Waals surface area contributed by atoms with Crippen molar-refractivity contribution in [2.45, 2.75) is 33.9 Å². The lowest BCUT2D eigenvalue weighted by Gasteiger charge is -2.20. The van der Waals surface area contributed by atoms with E-state index in [9.17, 15) is 27.6 Å². The Morgan fingerprint density at radius 1 is 1.09 bits per heavy atom. The number of esters is 1. The average molecular weight is 453 g/mol. The summed E-state index contributed by atoms with van der Waals surface area (Å²) in [5, 5.41) is 2.27. The van der Waals surface area contributed by atoms with Gasteiger partial charge in [0.25, 0.3) is 0 Å². The summed E-state index contributed by atoms with van der Waals surface area (Å²) in [5.74, 6) is -1.57. The Morgan fingerprint density at radius 3 is 2.34 bits per heavy atom. The van der Waals surface area contributed by atoms with Crippen molar-refractivity contribution in [2.75, 3.05) is 31.6 Å². The number of alkyl halides is 3. The maximum absolute atomic E-state index is 13.1. The molecule has 0 aliphatic carbocycles. The number of likely N-dealkylation sites (N-methyl/N-ethyl adjacent to an activating group) is 1. The fourth-order valence-corrected chi connectivity index (χ4v) is 3.33. The highest BCUT2D eigenvalue weighted by Crippen LogP contribution is 2.34. The summed E-state index contributed by atoms with van der Waals surface area (Å²) in [5.41, 5.74) is 0.171. The molecule has 2 rings (SSSR count). The lowest BCUT2D eigenvalue weighted by molar-refractivity contribution is -0.137. The zero-order valence-electron chi connectivity index (χ0n) is 18.4. The van der Waals surface area contributed by atoms with Crippen LogP contribution in [0.25, 0.3) is 0 Å². The smallest absolute Gasteiger partial charge is 0.418 e. The van der Waals surface area contributed by atoms with Crippen molar-refractivity contribution >= 4 is 23.3 Å². The molecule has 0 saturated heterocycles. The van der Waals surface area contributed by atoms with Crippen LogP contribution in [0.4, 0.5) is 18.9 Å². The molecule has 2 aromatic rings. The number of hydrogen-bond donors (Lipinski definition) is 2. The number of anilines is 1. The predicted molar refractivity (Wildman–Crippen MR) is 113 cm³/mol. The molecule has 10 heteroatoms. The first-order chi connectivity index (χ1) is 15.0. The molecule has 1 aromatic heterocycles. The van der Waals surface area contributed by atoms with E-state index in [0.29, 0.717) is 23.4 Å². The number of H-pyrrole nitrogens is 1. The van der Waals surface area contributed by atoms with E-state index in [1.54, 1.807) is 27.7 Å². The van der Waals surface area contributed by atoms with Crippen LogP contribution in [0.5, 0.6) is 0 Å². The van der Waals surface area contributed by atoms with Crippen LogP contribution >= 0.6 is 0 Å². The number of nitrogens with zero attached hydrogens (tertiary/aromatic N) is 1. The Bertz CT molecular complexity index is 999. The second-order valence-electron chi connectivity index (χ2n) is 7.16. The van der Waals surface area contributed by atoms with Crippen LogP contribution in [-0.4, -0.2) is 53.8 Å². The molecule has 0 fully saturated rings.